The summed E-state index contributed by atoms with van der Waals surface area (Å²) >= 11 is 6.00. The van der Waals surface area contributed by atoms with Crippen molar-refractivity contribution in [3.8, 4) is 0 Å². The van der Waals surface area contributed by atoms with Crippen LogP contribution in [-0.4, -0.2) is 16.5 Å². The number of nitrogens with one attached hydrogen (secondary N) is 1. The van der Waals surface area contributed by atoms with E-state index < -0.39 is 0 Å². The standard InChI is InChI=1S/C14H20ClN3/c1-2-13-17-12(15)7-14(18-13)16-8-11-6-9-3-4-10(11)5-9/h7,9-11H,2-6,8H2,1H3,(H,16,17,18). The van der Waals surface area contributed by atoms with Gasteiger partial charge in [-0.25, -0.2) is 9.97 Å². The number of halogens is 1. The molecule has 98 valence electrons. The summed E-state index contributed by atoms with van der Waals surface area (Å²) in [7, 11) is 0. The van der Waals surface area contributed by atoms with Crippen molar-refractivity contribution in [2.45, 2.75) is 39.0 Å². The molecule has 1 aromatic heterocycles. The van der Waals surface area contributed by atoms with E-state index in [1.807, 2.05) is 13.0 Å². The molecule has 1 heterocycles. The van der Waals surface area contributed by atoms with Gasteiger partial charge in [0.2, 0.25) is 0 Å². The van der Waals surface area contributed by atoms with Crippen LogP contribution in [0.25, 0.3) is 0 Å². The third-order valence-electron chi connectivity index (χ3n) is 4.49. The van der Waals surface area contributed by atoms with E-state index in [9.17, 15) is 0 Å². The zero-order valence-corrected chi connectivity index (χ0v) is 11.6. The summed E-state index contributed by atoms with van der Waals surface area (Å²) < 4.78 is 0. The lowest BCUT2D eigenvalue weighted by atomic mass is 9.89. The molecule has 0 saturated heterocycles. The van der Waals surface area contributed by atoms with Gasteiger partial charge in [-0.15, -0.1) is 0 Å². The normalized spacial score (nSPS) is 29.8. The van der Waals surface area contributed by atoms with Crippen LogP contribution in [0, 0.1) is 17.8 Å². The largest absolute Gasteiger partial charge is 0.370 e. The van der Waals surface area contributed by atoms with E-state index in [0.717, 1.165) is 42.4 Å². The van der Waals surface area contributed by atoms with E-state index in [1.54, 1.807) is 0 Å². The van der Waals surface area contributed by atoms with Crippen LogP contribution in [-0.2, 0) is 6.42 Å². The van der Waals surface area contributed by atoms with Crippen molar-refractivity contribution in [1.82, 2.24) is 9.97 Å². The van der Waals surface area contributed by atoms with E-state index in [2.05, 4.69) is 15.3 Å². The molecule has 0 spiro atoms. The van der Waals surface area contributed by atoms with Crippen LogP contribution < -0.4 is 5.32 Å². The highest BCUT2D eigenvalue weighted by molar-refractivity contribution is 6.29. The molecular weight excluding hydrogens is 246 g/mol. The molecule has 0 radical (unpaired) electrons. The lowest BCUT2D eigenvalue weighted by molar-refractivity contribution is 0.348. The summed E-state index contributed by atoms with van der Waals surface area (Å²) in [4.78, 5) is 8.65. The quantitative estimate of drug-likeness (QED) is 0.846. The third-order valence-corrected chi connectivity index (χ3v) is 4.68. The molecular formula is C14H20ClN3. The second kappa shape index (κ2) is 5.04. The second-order valence-corrected chi connectivity index (χ2v) is 6.05. The number of aromatic nitrogens is 2. The number of nitrogens with zero attached hydrogens (tertiary/aromatic N) is 2. The van der Waals surface area contributed by atoms with Gasteiger partial charge in [-0.2, -0.15) is 0 Å². The summed E-state index contributed by atoms with van der Waals surface area (Å²) in [5, 5.41) is 3.99. The lowest BCUT2D eigenvalue weighted by Crippen LogP contribution is -2.20. The summed E-state index contributed by atoms with van der Waals surface area (Å²) in [6.07, 6.45) is 6.57. The highest BCUT2D eigenvalue weighted by atomic mass is 35.5. The van der Waals surface area contributed by atoms with E-state index in [-0.39, 0.29) is 0 Å². The molecule has 1 aromatic rings. The van der Waals surface area contributed by atoms with E-state index in [0.29, 0.717) is 5.15 Å². The Balaban J connectivity index is 1.61. The number of anilines is 1. The Morgan fingerprint density at radius 2 is 2.22 bits per heavy atom. The Morgan fingerprint density at radius 3 is 2.89 bits per heavy atom. The maximum absolute atomic E-state index is 6.00. The summed E-state index contributed by atoms with van der Waals surface area (Å²) in [5.41, 5.74) is 0. The summed E-state index contributed by atoms with van der Waals surface area (Å²) in [6.45, 7) is 3.09. The Hall–Kier alpha value is -0.830. The zero-order chi connectivity index (χ0) is 12.5. The molecule has 3 atom stereocenters. The molecule has 2 bridgehead atoms. The Morgan fingerprint density at radius 1 is 1.33 bits per heavy atom. The molecule has 2 fully saturated rings. The minimum absolute atomic E-state index is 0.539. The van der Waals surface area contributed by atoms with Gasteiger partial charge >= 0.3 is 0 Å². The first-order valence-electron chi connectivity index (χ1n) is 7.02. The van der Waals surface area contributed by atoms with Crippen molar-refractivity contribution >= 4 is 17.4 Å². The zero-order valence-electron chi connectivity index (χ0n) is 10.8. The Kier molecular flexibility index (Phi) is 3.42. The maximum Gasteiger partial charge on any atom is 0.134 e. The van der Waals surface area contributed by atoms with Gasteiger partial charge in [0.05, 0.1) is 0 Å². The first-order chi connectivity index (χ1) is 8.74. The number of aryl methyl sites for hydroxylation is 1. The monoisotopic (exact) mass is 265 g/mol. The van der Waals surface area contributed by atoms with Gasteiger partial charge in [0.1, 0.15) is 16.8 Å². The van der Waals surface area contributed by atoms with Crippen LogP contribution in [0.3, 0.4) is 0 Å². The van der Waals surface area contributed by atoms with Gasteiger partial charge in [-0.1, -0.05) is 24.9 Å². The molecule has 18 heavy (non-hydrogen) atoms. The number of rotatable bonds is 4. The molecule has 0 aliphatic heterocycles. The first-order valence-corrected chi connectivity index (χ1v) is 7.39. The van der Waals surface area contributed by atoms with Crippen molar-refractivity contribution in [3.63, 3.8) is 0 Å². The van der Waals surface area contributed by atoms with E-state index in [1.165, 1.54) is 25.7 Å². The van der Waals surface area contributed by atoms with E-state index >= 15 is 0 Å². The van der Waals surface area contributed by atoms with Crippen LogP contribution in [0.4, 0.5) is 5.82 Å². The molecule has 0 amide bonds. The van der Waals surface area contributed by atoms with Crippen LogP contribution >= 0.6 is 11.6 Å². The molecule has 3 rings (SSSR count). The fourth-order valence-corrected chi connectivity index (χ4v) is 3.78. The van der Waals surface area contributed by atoms with Crippen molar-refractivity contribution in [2.75, 3.05) is 11.9 Å². The Bertz CT molecular complexity index is 435. The van der Waals surface area contributed by atoms with Crippen LogP contribution in [0.5, 0.6) is 0 Å². The number of fused-ring (bicyclic) bond motifs is 2. The van der Waals surface area contributed by atoms with Crippen molar-refractivity contribution in [3.05, 3.63) is 17.0 Å². The molecule has 2 aliphatic carbocycles. The second-order valence-electron chi connectivity index (χ2n) is 5.66. The van der Waals surface area contributed by atoms with Gasteiger partial charge in [0.25, 0.3) is 0 Å². The Labute approximate surface area is 113 Å². The highest BCUT2D eigenvalue weighted by Gasteiger charge is 2.39. The van der Waals surface area contributed by atoms with E-state index in [4.69, 9.17) is 11.6 Å². The molecule has 3 nitrogen and oxygen atoms in total. The van der Waals surface area contributed by atoms with Crippen LogP contribution in [0.15, 0.2) is 6.07 Å². The average molecular weight is 266 g/mol. The molecule has 2 aliphatic rings. The van der Waals surface area contributed by atoms with Crippen molar-refractivity contribution in [1.29, 1.82) is 0 Å². The van der Waals surface area contributed by atoms with Crippen LogP contribution in [0.2, 0.25) is 5.15 Å². The predicted octanol–water partition coefficient (Wildman–Crippen LogP) is 3.54. The van der Waals surface area contributed by atoms with Gasteiger partial charge < -0.3 is 5.32 Å². The summed E-state index contributed by atoms with van der Waals surface area (Å²) in [6, 6.07) is 1.83. The number of hydrogen-bond acceptors (Lipinski definition) is 3. The van der Waals surface area contributed by atoms with Gasteiger partial charge in [0.15, 0.2) is 0 Å². The molecule has 2 saturated carbocycles. The fraction of sp³-hybridized carbons (Fsp3) is 0.714. The third kappa shape index (κ3) is 2.46. The maximum atomic E-state index is 6.00. The van der Waals surface area contributed by atoms with Gasteiger partial charge in [-0.3, -0.25) is 0 Å². The minimum atomic E-state index is 0.539. The van der Waals surface area contributed by atoms with Gasteiger partial charge in [0, 0.05) is 19.0 Å². The van der Waals surface area contributed by atoms with Crippen molar-refractivity contribution < 1.29 is 0 Å². The molecule has 3 unspecified atom stereocenters. The predicted molar refractivity (Wildman–Crippen MR) is 73.8 cm³/mol. The fourth-order valence-electron chi connectivity index (χ4n) is 3.58. The molecule has 4 heteroatoms. The smallest absolute Gasteiger partial charge is 0.134 e. The highest BCUT2D eigenvalue weighted by Crippen LogP contribution is 2.48. The van der Waals surface area contributed by atoms with Crippen molar-refractivity contribution in [2.24, 2.45) is 17.8 Å². The first kappa shape index (κ1) is 12.2. The average Bonchev–Trinajstić information content (AvgIpc) is 2.97. The number of hydrogen-bond donors (Lipinski definition) is 1. The summed E-state index contributed by atoms with van der Waals surface area (Å²) in [5.74, 6) is 4.49. The topological polar surface area (TPSA) is 37.8 Å². The van der Waals surface area contributed by atoms with Gasteiger partial charge in [-0.05, 0) is 37.0 Å². The molecule has 0 aromatic carbocycles. The minimum Gasteiger partial charge on any atom is -0.370 e. The van der Waals surface area contributed by atoms with Crippen LogP contribution in [0.1, 0.15) is 38.4 Å². The lowest BCUT2D eigenvalue weighted by Gasteiger charge is -2.22. The SMILES string of the molecule is CCc1nc(Cl)cc(NCC2CC3CCC2C3)n1. The molecule has 1 N–H and O–H groups in total.